The van der Waals surface area contributed by atoms with E-state index < -0.39 is 0 Å². The van der Waals surface area contributed by atoms with Crippen molar-refractivity contribution in [2.24, 2.45) is 5.10 Å². The first-order valence-electron chi connectivity index (χ1n) is 8.91. The maximum absolute atomic E-state index is 12.3. The lowest BCUT2D eigenvalue weighted by molar-refractivity contribution is -0.120. The SMILES string of the molecule is CCOc1c(Br)cc(/C=N\NC(=O)Cc2cccc3ccccc23)cc1OC. The number of methoxy groups -OCH3 is 1. The molecule has 0 aliphatic carbocycles. The van der Waals surface area contributed by atoms with Gasteiger partial charge in [-0.2, -0.15) is 5.10 Å². The summed E-state index contributed by atoms with van der Waals surface area (Å²) in [5.41, 5.74) is 4.33. The van der Waals surface area contributed by atoms with E-state index in [-0.39, 0.29) is 12.3 Å². The van der Waals surface area contributed by atoms with Gasteiger partial charge in [0, 0.05) is 0 Å². The Morgan fingerprint density at radius 3 is 2.75 bits per heavy atom. The Bertz CT molecular complexity index is 1010. The fraction of sp³-hybridized carbons (Fsp3) is 0.182. The third-order valence-electron chi connectivity index (χ3n) is 4.17. The number of carbonyl (C=O) groups excluding carboxylic acids is 1. The van der Waals surface area contributed by atoms with Gasteiger partial charge in [-0.3, -0.25) is 4.79 Å². The van der Waals surface area contributed by atoms with E-state index >= 15 is 0 Å². The molecule has 0 heterocycles. The van der Waals surface area contributed by atoms with E-state index in [0.717, 1.165) is 26.4 Å². The highest BCUT2D eigenvalue weighted by atomic mass is 79.9. The Labute approximate surface area is 172 Å². The number of hydrazone groups is 1. The molecule has 0 bridgehead atoms. The van der Waals surface area contributed by atoms with Crippen LogP contribution in [-0.2, 0) is 11.2 Å². The molecule has 0 aliphatic rings. The second-order valence-corrected chi connectivity index (χ2v) is 6.93. The summed E-state index contributed by atoms with van der Waals surface area (Å²) in [6.45, 7) is 2.44. The zero-order valence-electron chi connectivity index (χ0n) is 15.7. The van der Waals surface area contributed by atoms with Crippen molar-refractivity contribution in [1.29, 1.82) is 0 Å². The summed E-state index contributed by atoms with van der Waals surface area (Å²) in [4.78, 5) is 12.3. The molecule has 3 rings (SSSR count). The monoisotopic (exact) mass is 440 g/mol. The van der Waals surface area contributed by atoms with Crippen LogP contribution in [0.4, 0.5) is 0 Å². The molecule has 3 aromatic rings. The predicted molar refractivity (Wildman–Crippen MR) is 115 cm³/mol. The number of amides is 1. The van der Waals surface area contributed by atoms with Crippen LogP contribution >= 0.6 is 15.9 Å². The highest BCUT2D eigenvalue weighted by Gasteiger charge is 2.11. The van der Waals surface area contributed by atoms with Crippen molar-refractivity contribution in [3.63, 3.8) is 0 Å². The lowest BCUT2D eigenvalue weighted by atomic mass is 10.0. The Kier molecular flexibility index (Phi) is 6.66. The van der Waals surface area contributed by atoms with Crippen LogP contribution in [0.15, 0.2) is 64.2 Å². The van der Waals surface area contributed by atoms with E-state index in [1.165, 1.54) is 0 Å². The smallest absolute Gasteiger partial charge is 0.244 e. The normalized spacial score (nSPS) is 11.0. The van der Waals surface area contributed by atoms with E-state index in [9.17, 15) is 4.79 Å². The quantitative estimate of drug-likeness (QED) is 0.427. The van der Waals surface area contributed by atoms with Crippen molar-refractivity contribution in [3.05, 3.63) is 70.2 Å². The molecular weight excluding hydrogens is 420 g/mol. The van der Waals surface area contributed by atoms with Gasteiger partial charge < -0.3 is 9.47 Å². The van der Waals surface area contributed by atoms with Gasteiger partial charge in [0.1, 0.15) is 0 Å². The van der Waals surface area contributed by atoms with Crippen molar-refractivity contribution in [2.45, 2.75) is 13.3 Å². The molecule has 0 saturated carbocycles. The van der Waals surface area contributed by atoms with Gasteiger partial charge >= 0.3 is 0 Å². The number of fused-ring (bicyclic) bond motifs is 1. The zero-order valence-corrected chi connectivity index (χ0v) is 17.3. The van der Waals surface area contributed by atoms with Crippen molar-refractivity contribution in [3.8, 4) is 11.5 Å². The number of benzene rings is 3. The summed E-state index contributed by atoms with van der Waals surface area (Å²) in [6.07, 6.45) is 1.83. The Morgan fingerprint density at radius 1 is 1.18 bits per heavy atom. The first kappa shape index (κ1) is 19.9. The standard InChI is InChI=1S/C22H21BrN2O3/c1-3-28-22-19(23)11-15(12-20(22)27-2)14-24-25-21(26)13-17-9-6-8-16-7-4-5-10-18(16)17/h4-12,14H,3,13H2,1-2H3,(H,25,26)/b24-14-. The van der Waals surface area contributed by atoms with Gasteiger partial charge in [0.2, 0.25) is 5.91 Å². The second kappa shape index (κ2) is 9.37. The average molecular weight is 441 g/mol. The van der Waals surface area contributed by atoms with Crippen LogP contribution < -0.4 is 14.9 Å². The van der Waals surface area contributed by atoms with Gasteiger partial charge in [-0.15, -0.1) is 0 Å². The first-order chi connectivity index (χ1) is 13.6. The third-order valence-corrected chi connectivity index (χ3v) is 4.76. The molecule has 3 aromatic carbocycles. The van der Waals surface area contributed by atoms with Crippen LogP contribution in [0.25, 0.3) is 10.8 Å². The van der Waals surface area contributed by atoms with E-state index in [1.807, 2.05) is 55.5 Å². The number of halogens is 1. The van der Waals surface area contributed by atoms with Gasteiger partial charge in [-0.1, -0.05) is 42.5 Å². The minimum Gasteiger partial charge on any atom is -0.493 e. The summed E-state index contributed by atoms with van der Waals surface area (Å²) < 4.78 is 11.7. The molecule has 0 fully saturated rings. The number of rotatable bonds is 7. The van der Waals surface area contributed by atoms with Crippen LogP contribution in [-0.4, -0.2) is 25.8 Å². The first-order valence-corrected chi connectivity index (χ1v) is 9.70. The molecule has 0 saturated heterocycles. The molecule has 0 aliphatic heterocycles. The maximum atomic E-state index is 12.3. The van der Waals surface area contributed by atoms with E-state index in [4.69, 9.17) is 9.47 Å². The summed E-state index contributed by atoms with van der Waals surface area (Å²) >= 11 is 3.47. The fourth-order valence-electron chi connectivity index (χ4n) is 2.94. The van der Waals surface area contributed by atoms with Crippen molar-refractivity contribution in [1.82, 2.24) is 5.43 Å². The summed E-state index contributed by atoms with van der Waals surface area (Å²) in [5.74, 6) is 1.06. The Morgan fingerprint density at radius 2 is 1.96 bits per heavy atom. The summed E-state index contributed by atoms with van der Waals surface area (Å²) in [5, 5.41) is 6.26. The Hall–Kier alpha value is -2.86. The summed E-state index contributed by atoms with van der Waals surface area (Å²) in [7, 11) is 1.58. The van der Waals surface area contributed by atoms with Crippen LogP contribution in [0, 0.1) is 0 Å². The van der Waals surface area contributed by atoms with E-state index in [2.05, 4.69) is 26.5 Å². The number of ether oxygens (including phenoxy) is 2. The molecule has 5 nitrogen and oxygen atoms in total. The van der Waals surface area contributed by atoms with Gasteiger partial charge in [0.15, 0.2) is 11.5 Å². The molecule has 0 radical (unpaired) electrons. The second-order valence-electron chi connectivity index (χ2n) is 6.08. The average Bonchev–Trinajstić information content (AvgIpc) is 2.70. The molecule has 0 aromatic heterocycles. The van der Waals surface area contributed by atoms with Crippen LogP contribution in [0.5, 0.6) is 11.5 Å². The number of hydrogen-bond donors (Lipinski definition) is 1. The molecule has 144 valence electrons. The van der Waals surface area contributed by atoms with E-state index in [1.54, 1.807) is 19.4 Å². The summed E-state index contributed by atoms with van der Waals surface area (Å²) in [6, 6.07) is 17.6. The fourth-order valence-corrected chi connectivity index (χ4v) is 3.51. The number of nitrogens with zero attached hydrogens (tertiary/aromatic N) is 1. The largest absolute Gasteiger partial charge is 0.493 e. The predicted octanol–water partition coefficient (Wildman–Crippen LogP) is 4.70. The Balaban J connectivity index is 1.69. The highest BCUT2D eigenvalue weighted by Crippen LogP contribution is 2.36. The lowest BCUT2D eigenvalue weighted by Gasteiger charge is -2.12. The highest BCUT2D eigenvalue weighted by molar-refractivity contribution is 9.10. The van der Waals surface area contributed by atoms with Gasteiger partial charge in [0.05, 0.1) is 30.8 Å². The lowest BCUT2D eigenvalue weighted by Crippen LogP contribution is -2.19. The van der Waals surface area contributed by atoms with Gasteiger partial charge in [0.25, 0.3) is 0 Å². The van der Waals surface area contributed by atoms with Crippen molar-refractivity contribution >= 4 is 38.8 Å². The molecule has 1 amide bonds. The number of hydrogen-bond acceptors (Lipinski definition) is 4. The molecular formula is C22H21BrN2O3. The van der Waals surface area contributed by atoms with Crippen molar-refractivity contribution < 1.29 is 14.3 Å². The molecule has 0 unspecified atom stereocenters. The van der Waals surface area contributed by atoms with Gasteiger partial charge in [-0.25, -0.2) is 5.43 Å². The topological polar surface area (TPSA) is 59.9 Å². The number of carbonyl (C=O) groups is 1. The maximum Gasteiger partial charge on any atom is 0.244 e. The molecule has 0 atom stereocenters. The minimum atomic E-state index is -0.176. The van der Waals surface area contributed by atoms with E-state index in [0.29, 0.717) is 18.1 Å². The van der Waals surface area contributed by atoms with Crippen LogP contribution in [0.3, 0.4) is 0 Å². The van der Waals surface area contributed by atoms with Crippen molar-refractivity contribution in [2.75, 3.05) is 13.7 Å². The molecule has 1 N–H and O–H groups in total. The van der Waals surface area contributed by atoms with Gasteiger partial charge in [-0.05, 0) is 56.9 Å². The number of nitrogens with one attached hydrogen (secondary N) is 1. The van der Waals surface area contributed by atoms with Crippen LogP contribution in [0.2, 0.25) is 0 Å². The van der Waals surface area contributed by atoms with Crippen LogP contribution in [0.1, 0.15) is 18.1 Å². The molecule has 6 heteroatoms. The molecule has 0 spiro atoms. The third kappa shape index (κ3) is 4.70. The zero-order chi connectivity index (χ0) is 19.9. The molecule has 28 heavy (non-hydrogen) atoms. The minimum absolute atomic E-state index is 0.176.